The van der Waals surface area contributed by atoms with E-state index < -0.39 is 0 Å². The van der Waals surface area contributed by atoms with Gasteiger partial charge < -0.3 is 5.32 Å². The molecule has 76 valence electrons. The van der Waals surface area contributed by atoms with E-state index >= 15 is 0 Å². The third kappa shape index (κ3) is 2.31. The molecule has 1 fully saturated rings. The van der Waals surface area contributed by atoms with Gasteiger partial charge in [-0.3, -0.25) is 0 Å². The highest BCUT2D eigenvalue weighted by atomic mass is 35.5. The Bertz CT molecular complexity index is 322. The summed E-state index contributed by atoms with van der Waals surface area (Å²) in [5.41, 5.74) is 0. The van der Waals surface area contributed by atoms with Crippen molar-refractivity contribution in [1.29, 1.82) is 0 Å². The number of hydrogen-bond acceptors (Lipinski definition) is 2. The van der Waals surface area contributed by atoms with Crippen LogP contribution in [-0.2, 0) is 0 Å². The maximum Gasteiger partial charge on any atom is 0.145 e. The molecule has 0 amide bonds. The normalized spacial score (nSPS) is 17.3. The number of hydrogen-bond donors (Lipinski definition) is 1. The molecule has 1 N–H and O–H groups in total. The van der Waals surface area contributed by atoms with Crippen molar-refractivity contribution >= 4 is 29.0 Å². The number of rotatable bonds is 2. The quantitative estimate of drug-likeness (QED) is 0.838. The molecule has 2 rings (SSSR count). The summed E-state index contributed by atoms with van der Waals surface area (Å²) in [6, 6.07) is 2.24. The second kappa shape index (κ2) is 4.37. The van der Waals surface area contributed by atoms with Crippen LogP contribution < -0.4 is 5.32 Å². The van der Waals surface area contributed by atoms with Gasteiger partial charge in [-0.1, -0.05) is 36.0 Å². The molecule has 1 saturated carbocycles. The van der Waals surface area contributed by atoms with Crippen LogP contribution in [0.4, 0.5) is 5.82 Å². The van der Waals surface area contributed by atoms with Crippen LogP contribution in [0.3, 0.4) is 0 Å². The number of halogens is 2. The van der Waals surface area contributed by atoms with Crippen molar-refractivity contribution in [2.75, 3.05) is 5.32 Å². The first kappa shape index (κ1) is 10.1. The molecule has 1 aromatic heterocycles. The molecular weight excluding hydrogens is 219 g/mol. The maximum atomic E-state index is 6.00. The van der Waals surface area contributed by atoms with E-state index in [4.69, 9.17) is 23.2 Å². The van der Waals surface area contributed by atoms with Crippen molar-refractivity contribution in [2.45, 2.75) is 31.7 Å². The molecule has 0 spiro atoms. The zero-order chi connectivity index (χ0) is 9.97. The summed E-state index contributed by atoms with van der Waals surface area (Å²) in [6.45, 7) is 0. The summed E-state index contributed by atoms with van der Waals surface area (Å²) < 4.78 is 0. The number of nitrogens with zero attached hydrogens (tertiary/aromatic N) is 1. The van der Waals surface area contributed by atoms with E-state index in [1.165, 1.54) is 25.7 Å². The molecule has 0 unspecified atom stereocenters. The zero-order valence-corrected chi connectivity index (χ0v) is 9.28. The number of nitrogens with one attached hydrogen (secondary N) is 1. The van der Waals surface area contributed by atoms with Crippen molar-refractivity contribution in [3.05, 3.63) is 22.3 Å². The van der Waals surface area contributed by atoms with Gasteiger partial charge in [0.1, 0.15) is 5.82 Å². The molecule has 0 aromatic carbocycles. The minimum atomic E-state index is 0.529. The monoisotopic (exact) mass is 230 g/mol. The van der Waals surface area contributed by atoms with Crippen LogP contribution in [0, 0.1) is 0 Å². The van der Waals surface area contributed by atoms with Gasteiger partial charge in [0.2, 0.25) is 0 Å². The molecule has 0 atom stereocenters. The molecule has 1 heterocycles. The first-order chi connectivity index (χ1) is 6.75. The fraction of sp³-hybridized carbons (Fsp3) is 0.500. The Morgan fingerprint density at radius 1 is 1.29 bits per heavy atom. The fourth-order valence-electron chi connectivity index (χ4n) is 1.78. The number of pyridine rings is 1. The topological polar surface area (TPSA) is 24.9 Å². The van der Waals surface area contributed by atoms with Crippen molar-refractivity contribution < 1.29 is 0 Å². The molecule has 1 aliphatic rings. The van der Waals surface area contributed by atoms with Crippen molar-refractivity contribution in [3.63, 3.8) is 0 Å². The zero-order valence-electron chi connectivity index (χ0n) is 7.76. The van der Waals surface area contributed by atoms with Crippen LogP contribution >= 0.6 is 23.2 Å². The molecule has 4 heteroatoms. The van der Waals surface area contributed by atoms with Gasteiger partial charge in [-0.15, -0.1) is 0 Å². The Morgan fingerprint density at radius 2 is 2.00 bits per heavy atom. The Kier molecular flexibility index (Phi) is 3.14. The van der Waals surface area contributed by atoms with Crippen LogP contribution in [0.2, 0.25) is 10.0 Å². The summed E-state index contributed by atoms with van der Waals surface area (Å²) in [4.78, 5) is 4.17. The predicted octanol–water partition coefficient (Wildman–Crippen LogP) is 3.74. The highest BCUT2D eigenvalue weighted by Crippen LogP contribution is 2.27. The Balaban J connectivity index is 2.08. The summed E-state index contributed by atoms with van der Waals surface area (Å²) in [6.07, 6.45) is 6.62. The maximum absolute atomic E-state index is 6.00. The number of anilines is 1. The van der Waals surface area contributed by atoms with Gasteiger partial charge in [0.25, 0.3) is 0 Å². The van der Waals surface area contributed by atoms with Gasteiger partial charge in [0.15, 0.2) is 0 Å². The van der Waals surface area contributed by atoms with Gasteiger partial charge in [-0.05, 0) is 18.9 Å². The van der Waals surface area contributed by atoms with Gasteiger partial charge in [0.05, 0.1) is 10.0 Å². The van der Waals surface area contributed by atoms with Crippen LogP contribution in [0.15, 0.2) is 12.3 Å². The molecule has 0 aliphatic heterocycles. The van der Waals surface area contributed by atoms with Crippen LogP contribution in [0.1, 0.15) is 25.7 Å². The number of aromatic nitrogens is 1. The summed E-state index contributed by atoms with van der Waals surface area (Å²) >= 11 is 11.8. The van der Waals surface area contributed by atoms with E-state index in [2.05, 4.69) is 10.3 Å². The molecule has 1 aliphatic carbocycles. The second-order valence-electron chi connectivity index (χ2n) is 3.61. The lowest BCUT2D eigenvalue weighted by molar-refractivity contribution is 0.750. The van der Waals surface area contributed by atoms with Gasteiger partial charge in [0, 0.05) is 12.2 Å². The first-order valence-electron chi connectivity index (χ1n) is 4.83. The van der Waals surface area contributed by atoms with E-state index in [1.54, 1.807) is 12.3 Å². The summed E-state index contributed by atoms with van der Waals surface area (Å²) in [5, 5.41) is 4.51. The van der Waals surface area contributed by atoms with Crippen molar-refractivity contribution in [1.82, 2.24) is 4.98 Å². The molecule has 0 radical (unpaired) electrons. The third-order valence-corrected chi connectivity index (χ3v) is 3.00. The van der Waals surface area contributed by atoms with Crippen LogP contribution in [0.25, 0.3) is 0 Å². The van der Waals surface area contributed by atoms with E-state index in [0.29, 0.717) is 16.1 Å². The van der Waals surface area contributed by atoms with Crippen LogP contribution in [-0.4, -0.2) is 11.0 Å². The van der Waals surface area contributed by atoms with Gasteiger partial charge in [-0.25, -0.2) is 4.98 Å². The fourth-order valence-corrected chi connectivity index (χ4v) is 2.22. The molecular formula is C10H12Cl2N2. The predicted molar refractivity (Wildman–Crippen MR) is 60.1 cm³/mol. The average Bonchev–Trinajstić information content (AvgIpc) is 2.62. The highest BCUT2D eigenvalue weighted by Gasteiger charge is 2.16. The highest BCUT2D eigenvalue weighted by molar-refractivity contribution is 6.35. The third-order valence-electron chi connectivity index (χ3n) is 2.50. The molecule has 0 bridgehead atoms. The van der Waals surface area contributed by atoms with E-state index in [0.717, 1.165) is 5.82 Å². The Hall–Kier alpha value is -0.470. The second-order valence-corrected chi connectivity index (χ2v) is 4.45. The van der Waals surface area contributed by atoms with Crippen LogP contribution in [0.5, 0.6) is 0 Å². The van der Waals surface area contributed by atoms with Gasteiger partial charge in [-0.2, -0.15) is 0 Å². The van der Waals surface area contributed by atoms with E-state index in [9.17, 15) is 0 Å². The molecule has 1 aromatic rings. The summed E-state index contributed by atoms with van der Waals surface area (Å²) in [5.74, 6) is 0.753. The minimum absolute atomic E-state index is 0.529. The standard InChI is InChI=1S/C10H12Cl2N2/c11-7-5-9(12)10(13-6-7)14-8-3-1-2-4-8/h5-6,8H,1-4H2,(H,13,14). The molecule has 2 nitrogen and oxygen atoms in total. The molecule has 0 saturated heterocycles. The largest absolute Gasteiger partial charge is 0.366 e. The lowest BCUT2D eigenvalue weighted by atomic mass is 10.2. The SMILES string of the molecule is Clc1cnc(NC2CCCC2)c(Cl)c1. The average molecular weight is 231 g/mol. The van der Waals surface area contributed by atoms with Crippen molar-refractivity contribution in [2.24, 2.45) is 0 Å². The first-order valence-corrected chi connectivity index (χ1v) is 5.59. The van der Waals surface area contributed by atoms with Crippen molar-refractivity contribution in [3.8, 4) is 0 Å². The van der Waals surface area contributed by atoms with E-state index in [1.807, 2.05) is 0 Å². The Morgan fingerprint density at radius 3 is 2.64 bits per heavy atom. The van der Waals surface area contributed by atoms with E-state index in [-0.39, 0.29) is 0 Å². The summed E-state index contributed by atoms with van der Waals surface area (Å²) in [7, 11) is 0. The smallest absolute Gasteiger partial charge is 0.145 e. The lowest BCUT2D eigenvalue weighted by Gasteiger charge is -2.13. The van der Waals surface area contributed by atoms with Gasteiger partial charge >= 0.3 is 0 Å². The lowest BCUT2D eigenvalue weighted by Crippen LogP contribution is -2.15. The minimum Gasteiger partial charge on any atom is -0.366 e. The molecule has 14 heavy (non-hydrogen) atoms. The Labute approximate surface area is 93.6 Å².